The van der Waals surface area contributed by atoms with Crippen LogP contribution in [0.2, 0.25) is 0 Å². The minimum absolute atomic E-state index is 0.0192. The van der Waals surface area contributed by atoms with E-state index in [9.17, 15) is 13.2 Å². The summed E-state index contributed by atoms with van der Waals surface area (Å²) in [4.78, 5) is 19.7. The minimum Gasteiger partial charge on any atom is -0.319 e. The van der Waals surface area contributed by atoms with E-state index < -0.39 is 10.0 Å². The van der Waals surface area contributed by atoms with Crippen molar-refractivity contribution in [1.29, 1.82) is 0 Å². The third-order valence-corrected chi connectivity index (χ3v) is 9.03. The summed E-state index contributed by atoms with van der Waals surface area (Å²) in [6, 6.07) is 14.7. The fraction of sp³-hybridized carbons (Fsp3) is 0.417. The molecule has 2 aromatic carbocycles. The van der Waals surface area contributed by atoms with Gasteiger partial charge in [0.1, 0.15) is 0 Å². The molecule has 176 valence electrons. The zero-order valence-electron chi connectivity index (χ0n) is 19.3. The summed E-state index contributed by atoms with van der Waals surface area (Å²) >= 11 is 1.39. The average Bonchev–Trinajstić information content (AvgIpc) is 3.20. The Labute approximate surface area is 199 Å². The van der Waals surface area contributed by atoms with E-state index in [-0.39, 0.29) is 16.1 Å². The molecule has 9 heteroatoms. The van der Waals surface area contributed by atoms with Crippen LogP contribution in [0.1, 0.15) is 33.1 Å². The van der Waals surface area contributed by atoms with Crippen molar-refractivity contribution in [3.05, 3.63) is 48.5 Å². The Kier molecular flexibility index (Phi) is 7.11. The minimum atomic E-state index is -3.53. The molecule has 4 rings (SSSR count). The molecular weight excluding hydrogens is 456 g/mol. The Morgan fingerprint density at radius 2 is 1.82 bits per heavy atom. The molecule has 1 atom stereocenters. The van der Waals surface area contributed by atoms with E-state index in [1.54, 1.807) is 28.4 Å². The number of benzene rings is 2. The highest BCUT2D eigenvalue weighted by Gasteiger charge is 2.27. The molecule has 7 nitrogen and oxygen atoms in total. The number of rotatable bonds is 7. The van der Waals surface area contributed by atoms with Crippen LogP contribution in [0.5, 0.6) is 0 Å². The Morgan fingerprint density at radius 3 is 2.48 bits per heavy atom. The van der Waals surface area contributed by atoms with E-state index in [4.69, 9.17) is 4.98 Å². The lowest BCUT2D eigenvalue weighted by Crippen LogP contribution is -2.35. The van der Waals surface area contributed by atoms with Gasteiger partial charge in [-0.1, -0.05) is 36.4 Å². The molecule has 1 fully saturated rings. The van der Waals surface area contributed by atoms with Crippen LogP contribution in [0.3, 0.4) is 0 Å². The van der Waals surface area contributed by atoms with Gasteiger partial charge in [0.15, 0.2) is 5.16 Å². The molecule has 1 amide bonds. The summed E-state index contributed by atoms with van der Waals surface area (Å²) < 4.78 is 29.8. The average molecular weight is 487 g/mol. The van der Waals surface area contributed by atoms with E-state index in [0.29, 0.717) is 30.3 Å². The van der Waals surface area contributed by atoms with Crippen LogP contribution in [0.25, 0.3) is 11.0 Å². The first-order valence-corrected chi connectivity index (χ1v) is 13.6. The molecule has 0 spiro atoms. The number of hydrogen-bond acceptors (Lipinski definition) is 5. The predicted octanol–water partition coefficient (Wildman–Crippen LogP) is 4.37. The van der Waals surface area contributed by atoms with Crippen molar-refractivity contribution in [3.8, 4) is 0 Å². The number of nitrogens with zero attached hydrogens (tertiary/aromatic N) is 4. The molecule has 0 aliphatic carbocycles. The number of piperidine rings is 1. The Hall–Kier alpha value is -2.36. The molecule has 2 heterocycles. The highest BCUT2D eigenvalue weighted by molar-refractivity contribution is 8.00. The van der Waals surface area contributed by atoms with E-state index >= 15 is 0 Å². The van der Waals surface area contributed by atoms with Gasteiger partial charge in [0, 0.05) is 32.4 Å². The fourth-order valence-corrected chi connectivity index (χ4v) is 6.78. The number of carbonyl (C=O) groups is 1. The van der Waals surface area contributed by atoms with Gasteiger partial charge < -0.3 is 9.47 Å². The van der Waals surface area contributed by atoms with Crippen LogP contribution >= 0.6 is 11.8 Å². The third kappa shape index (κ3) is 4.81. The normalized spacial score (nSPS) is 16.1. The lowest BCUT2D eigenvalue weighted by Gasteiger charge is -2.25. The van der Waals surface area contributed by atoms with E-state index in [1.165, 1.54) is 11.8 Å². The molecule has 1 aliphatic heterocycles. The standard InChI is InChI=1S/C24H30N4O3S2/c1-4-28-22-14-13-20(33(30,31)27-15-9-6-10-16-27)17-21(22)25-24(28)32-18(2)23(29)26(3)19-11-7-5-8-12-19/h5,7-8,11-14,17-18H,4,6,9-10,15-16H2,1-3H3. The molecule has 1 unspecified atom stereocenters. The van der Waals surface area contributed by atoms with E-state index in [1.807, 2.05) is 54.8 Å². The maximum absolute atomic E-state index is 13.1. The monoisotopic (exact) mass is 486 g/mol. The van der Waals surface area contributed by atoms with Gasteiger partial charge >= 0.3 is 0 Å². The van der Waals surface area contributed by atoms with Crippen molar-refractivity contribution >= 4 is 44.4 Å². The van der Waals surface area contributed by atoms with Crippen LogP contribution in [0.4, 0.5) is 5.69 Å². The number of aryl methyl sites for hydroxylation is 1. The number of sulfonamides is 1. The van der Waals surface area contributed by atoms with Gasteiger partial charge in [-0.3, -0.25) is 4.79 Å². The van der Waals surface area contributed by atoms with Crippen LogP contribution in [-0.4, -0.2) is 53.6 Å². The zero-order valence-corrected chi connectivity index (χ0v) is 20.9. The van der Waals surface area contributed by atoms with Gasteiger partial charge in [0.2, 0.25) is 15.9 Å². The SMILES string of the molecule is CCn1c(SC(C)C(=O)N(C)c2ccccc2)nc2cc(S(=O)(=O)N3CCCCC3)ccc21. The number of imidazole rings is 1. The molecule has 0 saturated carbocycles. The molecule has 0 bridgehead atoms. The summed E-state index contributed by atoms with van der Waals surface area (Å²) in [5, 5.41) is 0.358. The number of amides is 1. The lowest BCUT2D eigenvalue weighted by atomic mass is 10.2. The number of carbonyl (C=O) groups excluding carboxylic acids is 1. The van der Waals surface area contributed by atoms with Gasteiger partial charge in [-0.05, 0) is 57.0 Å². The van der Waals surface area contributed by atoms with Gasteiger partial charge in [0.25, 0.3) is 0 Å². The van der Waals surface area contributed by atoms with Gasteiger partial charge in [-0.25, -0.2) is 13.4 Å². The van der Waals surface area contributed by atoms with Crippen molar-refractivity contribution < 1.29 is 13.2 Å². The second-order valence-electron chi connectivity index (χ2n) is 8.25. The molecule has 0 N–H and O–H groups in total. The molecule has 1 aromatic heterocycles. The number of aromatic nitrogens is 2. The Balaban J connectivity index is 1.60. The smallest absolute Gasteiger partial charge is 0.243 e. The summed E-state index contributed by atoms with van der Waals surface area (Å²) in [7, 11) is -1.75. The first-order chi connectivity index (χ1) is 15.8. The van der Waals surface area contributed by atoms with Gasteiger partial charge in [-0.15, -0.1) is 0 Å². The second-order valence-corrected chi connectivity index (χ2v) is 11.5. The first kappa shape index (κ1) is 23.8. The summed E-state index contributed by atoms with van der Waals surface area (Å²) in [6.07, 6.45) is 2.87. The number of hydrogen-bond donors (Lipinski definition) is 0. The first-order valence-electron chi connectivity index (χ1n) is 11.3. The predicted molar refractivity (Wildman–Crippen MR) is 133 cm³/mol. The fourth-order valence-electron chi connectivity index (χ4n) is 4.16. The molecule has 1 aliphatic rings. The lowest BCUT2D eigenvalue weighted by molar-refractivity contribution is -0.117. The topological polar surface area (TPSA) is 75.5 Å². The van der Waals surface area contributed by atoms with E-state index in [0.717, 1.165) is 30.5 Å². The van der Waals surface area contributed by atoms with Crippen LogP contribution in [-0.2, 0) is 21.4 Å². The largest absolute Gasteiger partial charge is 0.319 e. The number of anilines is 1. The van der Waals surface area contributed by atoms with E-state index in [2.05, 4.69) is 0 Å². The van der Waals surface area contributed by atoms with Gasteiger partial charge in [-0.2, -0.15) is 4.31 Å². The molecule has 33 heavy (non-hydrogen) atoms. The third-order valence-electron chi connectivity index (χ3n) is 6.06. The maximum Gasteiger partial charge on any atom is 0.243 e. The summed E-state index contributed by atoms with van der Waals surface area (Å²) in [5.74, 6) is -0.0192. The molecule has 3 aromatic rings. The summed E-state index contributed by atoms with van der Waals surface area (Å²) in [6.45, 7) is 5.70. The highest BCUT2D eigenvalue weighted by Crippen LogP contribution is 2.31. The summed E-state index contributed by atoms with van der Waals surface area (Å²) in [5.41, 5.74) is 2.34. The Bertz CT molecular complexity index is 1240. The van der Waals surface area contributed by atoms with Crippen LogP contribution in [0.15, 0.2) is 58.6 Å². The quantitative estimate of drug-likeness (QED) is 0.464. The van der Waals surface area contributed by atoms with Crippen molar-refractivity contribution in [2.75, 3.05) is 25.0 Å². The van der Waals surface area contributed by atoms with Crippen LogP contribution < -0.4 is 4.90 Å². The van der Waals surface area contributed by atoms with Gasteiger partial charge in [0.05, 0.1) is 21.2 Å². The number of thioether (sulfide) groups is 1. The van der Waals surface area contributed by atoms with Crippen molar-refractivity contribution in [2.45, 2.75) is 55.0 Å². The zero-order chi connectivity index (χ0) is 23.6. The molecule has 0 radical (unpaired) electrons. The number of para-hydroxylation sites is 1. The molecule has 1 saturated heterocycles. The number of fused-ring (bicyclic) bond motifs is 1. The van der Waals surface area contributed by atoms with Crippen molar-refractivity contribution in [2.24, 2.45) is 0 Å². The highest BCUT2D eigenvalue weighted by atomic mass is 32.2. The maximum atomic E-state index is 13.1. The van der Waals surface area contributed by atoms with Crippen LogP contribution in [0, 0.1) is 0 Å². The van der Waals surface area contributed by atoms with Crippen molar-refractivity contribution in [3.63, 3.8) is 0 Å². The Morgan fingerprint density at radius 1 is 1.12 bits per heavy atom. The van der Waals surface area contributed by atoms with Crippen molar-refractivity contribution in [1.82, 2.24) is 13.9 Å². The molecular formula is C24H30N4O3S2. The second kappa shape index (κ2) is 9.87.